The number of nitrogens with one attached hydrogen (secondary N) is 1. The van der Waals surface area contributed by atoms with Crippen molar-refractivity contribution in [1.82, 2.24) is 10.2 Å². The van der Waals surface area contributed by atoms with Gasteiger partial charge in [0.25, 0.3) is 0 Å². The first-order valence-electron chi connectivity index (χ1n) is 7.08. The van der Waals surface area contributed by atoms with Crippen LogP contribution in [-0.4, -0.2) is 50.4 Å². The van der Waals surface area contributed by atoms with Crippen molar-refractivity contribution in [3.8, 4) is 0 Å². The van der Waals surface area contributed by atoms with Gasteiger partial charge in [0, 0.05) is 12.6 Å². The number of aryl methyl sites for hydroxylation is 1. The van der Waals surface area contributed by atoms with Gasteiger partial charge >= 0.3 is 0 Å². The van der Waals surface area contributed by atoms with Crippen LogP contribution < -0.4 is 5.32 Å². The van der Waals surface area contributed by atoms with Crippen molar-refractivity contribution in [2.24, 2.45) is 0 Å². The second-order valence-electron chi connectivity index (χ2n) is 5.77. The number of nitrogens with zero attached hydrogens (tertiary/aromatic N) is 1. The van der Waals surface area contributed by atoms with Gasteiger partial charge in [0.15, 0.2) is 9.84 Å². The van der Waals surface area contributed by atoms with Gasteiger partial charge in [0.05, 0.1) is 18.1 Å². The molecule has 1 aromatic rings. The van der Waals surface area contributed by atoms with Gasteiger partial charge in [-0.1, -0.05) is 24.3 Å². The third kappa shape index (κ3) is 4.82. The van der Waals surface area contributed by atoms with Crippen LogP contribution >= 0.6 is 0 Å². The number of likely N-dealkylation sites (N-methyl/N-ethyl adjacent to an activating group) is 1. The van der Waals surface area contributed by atoms with Crippen molar-refractivity contribution in [1.29, 1.82) is 0 Å². The molecule has 0 aliphatic carbocycles. The van der Waals surface area contributed by atoms with Gasteiger partial charge in [-0.05, 0) is 31.5 Å². The molecule has 1 N–H and O–H groups in total. The summed E-state index contributed by atoms with van der Waals surface area (Å²) in [4.78, 5) is 13.9. The van der Waals surface area contributed by atoms with Crippen molar-refractivity contribution in [3.05, 3.63) is 35.4 Å². The second kappa shape index (κ2) is 6.58. The SMILES string of the molecule is Cc1ccccc1CN(C)CC(=O)N[C@@H]1CCS(=O)(=O)C1. The number of hydrogen-bond acceptors (Lipinski definition) is 4. The van der Waals surface area contributed by atoms with E-state index in [0.29, 0.717) is 13.0 Å². The third-order valence-corrected chi connectivity index (χ3v) is 5.48. The summed E-state index contributed by atoms with van der Waals surface area (Å²) in [5.74, 6) is 0.130. The molecule has 1 amide bonds. The van der Waals surface area contributed by atoms with Crippen LogP contribution in [-0.2, 0) is 21.2 Å². The van der Waals surface area contributed by atoms with E-state index in [1.165, 1.54) is 11.1 Å². The van der Waals surface area contributed by atoms with E-state index >= 15 is 0 Å². The maximum absolute atomic E-state index is 11.9. The Morgan fingerprint density at radius 1 is 1.38 bits per heavy atom. The number of amides is 1. The molecule has 1 heterocycles. The van der Waals surface area contributed by atoms with Crippen molar-refractivity contribution in [3.63, 3.8) is 0 Å². The Hall–Kier alpha value is -1.40. The Labute approximate surface area is 126 Å². The molecule has 1 saturated heterocycles. The van der Waals surface area contributed by atoms with E-state index < -0.39 is 9.84 Å². The zero-order chi connectivity index (χ0) is 15.5. The maximum Gasteiger partial charge on any atom is 0.234 e. The molecule has 0 unspecified atom stereocenters. The second-order valence-corrected chi connectivity index (χ2v) is 7.99. The molecule has 0 radical (unpaired) electrons. The first-order chi connectivity index (χ1) is 9.85. The summed E-state index contributed by atoms with van der Waals surface area (Å²) in [6.45, 7) is 3.01. The summed E-state index contributed by atoms with van der Waals surface area (Å²) < 4.78 is 22.7. The Morgan fingerprint density at radius 2 is 2.10 bits per heavy atom. The van der Waals surface area contributed by atoms with Crippen molar-refractivity contribution in [2.45, 2.75) is 25.9 Å². The maximum atomic E-state index is 11.9. The number of sulfone groups is 1. The molecule has 116 valence electrons. The number of benzene rings is 1. The first kappa shape index (κ1) is 16.0. The summed E-state index contributed by atoms with van der Waals surface area (Å²) in [6, 6.07) is 7.85. The lowest BCUT2D eigenvalue weighted by Crippen LogP contribution is -2.41. The smallest absolute Gasteiger partial charge is 0.234 e. The lowest BCUT2D eigenvalue weighted by Gasteiger charge is -2.19. The molecular weight excluding hydrogens is 288 g/mol. The third-order valence-electron chi connectivity index (χ3n) is 3.71. The highest BCUT2D eigenvalue weighted by atomic mass is 32.2. The van der Waals surface area contributed by atoms with E-state index in [4.69, 9.17) is 0 Å². The summed E-state index contributed by atoms with van der Waals surface area (Å²) in [5.41, 5.74) is 2.39. The average Bonchev–Trinajstić information content (AvgIpc) is 2.71. The highest BCUT2D eigenvalue weighted by Gasteiger charge is 2.28. The quantitative estimate of drug-likeness (QED) is 0.871. The molecule has 5 nitrogen and oxygen atoms in total. The van der Waals surface area contributed by atoms with Gasteiger partial charge in [-0.3, -0.25) is 9.69 Å². The van der Waals surface area contributed by atoms with Gasteiger partial charge in [-0.2, -0.15) is 0 Å². The minimum absolute atomic E-state index is 0.0697. The molecular formula is C15H22N2O3S. The highest BCUT2D eigenvalue weighted by molar-refractivity contribution is 7.91. The van der Waals surface area contributed by atoms with Crippen molar-refractivity contribution >= 4 is 15.7 Å². The monoisotopic (exact) mass is 310 g/mol. The lowest BCUT2D eigenvalue weighted by molar-refractivity contribution is -0.122. The summed E-state index contributed by atoms with van der Waals surface area (Å²) in [7, 11) is -1.07. The number of hydrogen-bond donors (Lipinski definition) is 1. The normalized spacial score (nSPS) is 20.6. The number of rotatable bonds is 5. The highest BCUT2D eigenvalue weighted by Crippen LogP contribution is 2.12. The molecule has 1 fully saturated rings. The van der Waals surface area contributed by atoms with Crippen LogP contribution in [0.4, 0.5) is 0 Å². The molecule has 0 spiro atoms. The minimum Gasteiger partial charge on any atom is -0.351 e. The molecule has 1 atom stereocenters. The molecule has 0 bridgehead atoms. The average molecular weight is 310 g/mol. The van der Waals surface area contributed by atoms with Gasteiger partial charge in [-0.25, -0.2) is 8.42 Å². The van der Waals surface area contributed by atoms with Gasteiger partial charge in [0.1, 0.15) is 0 Å². The minimum atomic E-state index is -2.95. The van der Waals surface area contributed by atoms with E-state index in [1.807, 2.05) is 43.1 Å². The predicted molar refractivity (Wildman–Crippen MR) is 82.7 cm³/mol. The van der Waals surface area contributed by atoms with E-state index in [2.05, 4.69) is 5.32 Å². The molecule has 1 aliphatic rings. The summed E-state index contributed by atoms with van der Waals surface area (Å²) >= 11 is 0. The topological polar surface area (TPSA) is 66.5 Å². The molecule has 1 aliphatic heterocycles. The Kier molecular flexibility index (Phi) is 5.00. The molecule has 2 rings (SSSR count). The predicted octanol–water partition coefficient (Wildman–Crippen LogP) is 0.730. The fraction of sp³-hybridized carbons (Fsp3) is 0.533. The number of carbonyl (C=O) groups excluding carboxylic acids is 1. The van der Waals surface area contributed by atoms with Crippen LogP contribution in [0.2, 0.25) is 0 Å². The standard InChI is InChI=1S/C15H22N2O3S/c1-12-5-3-4-6-13(12)9-17(2)10-15(18)16-14-7-8-21(19,20)11-14/h3-6,14H,7-11H2,1-2H3,(H,16,18)/t14-/m1/s1. The molecule has 0 saturated carbocycles. The fourth-order valence-electron chi connectivity index (χ4n) is 2.56. The number of carbonyl (C=O) groups is 1. The van der Waals surface area contributed by atoms with Gasteiger partial charge in [0.2, 0.25) is 5.91 Å². The Bertz CT molecular complexity index is 613. The first-order valence-corrected chi connectivity index (χ1v) is 8.91. The van der Waals surface area contributed by atoms with Crippen LogP contribution in [0.5, 0.6) is 0 Å². The molecule has 6 heteroatoms. The zero-order valence-electron chi connectivity index (χ0n) is 12.5. The van der Waals surface area contributed by atoms with E-state index in [0.717, 1.165) is 0 Å². The van der Waals surface area contributed by atoms with Crippen molar-refractivity contribution < 1.29 is 13.2 Å². The molecule has 1 aromatic carbocycles. The van der Waals surface area contributed by atoms with Gasteiger partial charge in [-0.15, -0.1) is 0 Å². The van der Waals surface area contributed by atoms with E-state index in [1.54, 1.807) is 0 Å². The van der Waals surface area contributed by atoms with Crippen LogP contribution in [0.1, 0.15) is 17.5 Å². The molecule has 0 aromatic heterocycles. The van der Waals surface area contributed by atoms with E-state index in [-0.39, 0.29) is 30.0 Å². The summed E-state index contributed by atoms with van der Waals surface area (Å²) in [6.07, 6.45) is 0.523. The summed E-state index contributed by atoms with van der Waals surface area (Å²) in [5, 5.41) is 2.81. The van der Waals surface area contributed by atoms with Gasteiger partial charge < -0.3 is 5.32 Å². The van der Waals surface area contributed by atoms with Crippen LogP contribution in [0.25, 0.3) is 0 Å². The van der Waals surface area contributed by atoms with Crippen molar-refractivity contribution in [2.75, 3.05) is 25.1 Å². The van der Waals surface area contributed by atoms with Crippen LogP contribution in [0.15, 0.2) is 24.3 Å². The Morgan fingerprint density at radius 3 is 2.71 bits per heavy atom. The zero-order valence-corrected chi connectivity index (χ0v) is 13.3. The molecule has 21 heavy (non-hydrogen) atoms. The lowest BCUT2D eigenvalue weighted by atomic mass is 10.1. The fourth-order valence-corrected chi connectivity index (χ4v) is 4.23. The largest absolute Gasteiger partial charge is 0.351 e. The Balaban J connectivity index is 1.81. The van der Waals surface area contributed by atoms with Crippen LogP contribution in [0, 0.1) is 6.92 Å². The van der Waals surface area contributed by atoms with Crippen LogP contribution in [0.3, 0.4) is 0 Å². The van der Waals surface area contributed by atoms with E-state index in [9.17, 15) is 13.2 Å².